The molecule has 1 aliphatic rings. The highest BCUT2D eigenvalue weighted by Crippen LogP contribution is 1.95. The van der Waals surface area contributed by atoms with E-state index in [1.54, 1.807) is 0 Å². The summed E-state index contributed by atoms with van der Waals surface area (Å²) in [4.78, 5) is 12.7. The molecule has 0 aromatic heterocycles. The van der Waals surface area contributed by atoms with Gasteiger partial charge in [0, 0.05) is 26.6 Å². The lowest BCUT2D eigenvalue weighted by molar-refractivity contribution is -0.142. The first kappa shape index (κ1) is 12.4. The van der Waals surface area contributed by atoms with E-state index in [-0.39, 0.29) is 5.97 Å². The van der Waals surface area contributed by atoms with Gasteiger partial charge in [-0.15, -0.1) is 0 Å². The monoisotopic (exact) mass is 217 g/mol. The molecule has 0 N–H and O–H groups in total. The van der Waals surface area contributed by atoms with Gasteiger partial charge in [0.05, 0.1) is 26.4 Å². The molecule has 88 valence electrons. The van der Waals surface area contributed by atoms with Crippen LogP contribution in [0.5, 0.6) is 0 Å². The Morgan fingerprint density at radius 2 is 2.00 bits per heavy atom. The molecule has 15 heavy (non-hydrogen) atoms. The predicted octanol–water partition coefficient (Wildman–Crippen LogP) is -0.102. The van der Waals surface area contributed by atoms with Gasteiger partial charge in [-0.1, -0.05) is 0 Å². The fourth-order valence-electron chi connectivity index (χ4n) is 1.36. The Labute approximate surface area is 90.3 Å². The molecule has 0 saturated carbocycles. The minimum absolute atomic E-state index is 0.258. The maximum Gasteiger partial charge on any atom is 0.302 e. The molecule has 1 fully saturated rings. The van der Waals surface area contributed by atoms with E-state index in [1.165, 1.54) is 6.92 Å². The average molecular weight is 217 g/mol. The van der Waals surface area contributed by atoms with E-state index in [0.29, 0.717) is 19.8 Å². The van der Waals surface area contributed by atoms with Crippen LogP contribution in [0.2, 0.25) is 0 Å². The Morgan fingerprint density at radius 3 is 2.67 bits per heavy atom. The highest BCUT2D eigenvalue weighted by atomic mass is 16.6. The van der Waals surface area contributed by atoms with Crippen molar-refractivity contribution in [2.75, 3.05) is 52.7 Å². The summed E-state index contributed by atoms with van der Waals surface area (Å²) in [5.74, 6) is -0.258. The number of nitrogens with zero attached hydrogens (tertiary/aromatic N) is 1. The molecule has 0 aliphatic carbocycles. The van der Waals surface area contributed by atoms with Crippen LogP contribution in [0, 0.1) is 0 Å². The molecular weight excluding hydrogens is 198 g/mol. The lowest BCUT2D eigenvalue weighted by Crippen LogP contribution is -2.38. The molecule has 0 aromatic rings. The maximum absolute atomic E-state index is 10.4. The van der Waals surface area contributed by atoms with Gasteiger partial charge in [0.1, 0.15) is 6.61 Å². The third-order valence-electron chi connectivity index (χ3n) is 2.19. The van der Waals surface area contributed by atoms with E-state index in [2.05, 4.69) is 4.90 Å². The third-order valence-corrected chi connectivity index (χ3v) is 2.19. The highest BCUT2D eigenvalue weighted by Gasteiger charge is 2.08. The summed E-state index contributed by atoms with van der Waals surface area (Å²) in [6.45, 7) is 7.41. The number of carbonyl (C=O) groups is 1. The molecule has 0 amide bonds. The molecule has 1 rings (SSSR count). The third kappa shape index (κ3) is 6.43. The molecular formula is C10H19NO4. The van der Waals surface area contributed by atoms with Gasteiger partial charge in [-0.2, -0.15) is 0 Å². The fraction of sp³-hybridized carbons (Fsp3) is 0.900. The van der Waals surface area contributed by atoms with Crippen molar-refractivity contribution in [3.8, 4) is 0 Å². The van der Waals surface area contributed by atoms with Gasteiger partial charge in [-0.05, 0) is 0 Å². The van der Waals surface area contributed by atoms with Crippen LogP contribution < -0.4 is 0 Å². The van der Waals surface area contributed by atoms with Crippen LogP contribution in [0.15, 0.2) is 0 Å². The van der Waals surface area contributed by atoms with Crippen LogP contribution in [0.4, 0.5) is 0 Å². The van der Waals surface area contributed by atoms with Gasteiger partial charge in [0.2, 0.25) is 0 Å². The van der Waals surface area contributed by atoms with Crippen molar-refractivity contribution in [2.24, 2.45) is 0 Å². The van der Waals surface area contributed by atoms with E-state index < -0.39 is 0 Å². The summed E-state index contributed by atoms with van der Waals surface area (Å²) in [6.07, 6.45) is 0. The molecule has 0 aromatic carbocycles. The van der Waals surface area contributed by atoms with Crippen LogP contribution in [0.25, 0.3) is 0 Å². The number of morpholine rings is 1. The molecule has 5 nitrogen and oxygen atoms in total. The van der Waals surface area contributed by atoms with Gasteiger partial charge in [-0.25, -0.2) is 0 Å². The SMILES string of the molecule is CC(=O)OCCOCCN1CCOCC1. The van der Waals surface area contributed by atoms with E-state index in [1.807, 2.05) is 0 Å². The van der Waals surface area contributed by atoms with Gasteiger partial charge < -0.3 is 14.2 Å². The summed E-state index contributed by atoms with van der Waals surface area (Å²) >= 11 is 0. The first-order valence-electron chi connectivity index (χ1n) is 5.30. The Hall–Kier alpha value is -0.650. The largest absolute Gasteiger partial charge is 0.463 e. The second-order valence-electron chi connectivity index (χ2n) is 3.41. The lowest BCUT2D eigenvalue weighted by atomic mass is 10.4. The Balaban J connectivity index is 1.85. The standard InChI is InChI=1S/C10H19NO4/c1-10(12)15-9-8-14-7-4-11-2-5-13-6-3-11/h2-9H2,1H3. The Morgan fingerprint density at radius 1 is 1.27 bits per heavy atom. The van der Waals surface area contributed by atoms with Gasteiger partial charge >= 0.3 is 5.97 Å². The van der Waals surface area contributed by atoms with E-state index in [9.17, 15) is 4.79 Å². The number of esters is 1. The smallest absolute Gasteiger partial charge is 0.302 e. The highest BCUT2D eigenvalue weighted by molar-refractivity contribution is 5.65. The van der Waals surface area contributed by atoms with Crippen molar-refractivity contribution < 1.29 is 19.0 Å². The van der Waals surface area contributed by atoms with E-state index in [4.69, 9.17) is 14.2 Å². The van der Waals surface area contributed by atoms with Crippen LogP contribution >= 0.6 is 0 Å². The summed E-state index contributed by atoms with van der Waals surface area (Å²) in [5, 5.41) is 0. The van der Waals surface area contributed by atoms with Crippen LogP contribution in [0.1, 0.15) is 6.92 Å². The molecule has 0 spiro atoms. The minimum atomic E-state index is -0.258. The molecule has 0 atom stereocenters. The first-order chi connectivity index (χ1) is 7.29. The Bertz CT molecular complexity index is 180. The zero-order valence-electron chi connectivity index (χ0n) is 9.24. The molecule has 5 heteroatoms. The van der Waals surface area contributed by atoms with Crippen molar-refractivity contribution in [3.63, 3.8) is 0 Å². The fourth-order valence-corrected chi connectivity index (χ4v) is 1.36. The summed E-state index contributed by atoms with van der Waals surface area (Å²) in [5.41, 5.74) is 0. The van der Waals surface area contributed by atoms with Crippen LogP contribution in [0.3, 0.4) is 0 Å². The first-order valence-corrected chi connectivity index (χ1v) is 5.30. The normalized spacial score (nSPS) is 17.7. The number of carbonyl (C=O) groups excluding carboxylic acids is 1. The van der Waals surface area contributed by atoms with Crippen LogP contribution in [-0.4, -0.2) is 63.5 Å². The predicted molar refractivity (Wildman–Crippen MR) is 54.7 cm³/mol. The van der Waals surface area contributed by atoms with E-state index >= 15 is 0 Å². The quantitative estimate of drug-likeness (QED) is 0.459. The minimum Gasteiger partial charge on any atom is -0.463 e. The molecule has 1 aliphatic heterocycles. The number of hydrogen-bond donors (Lipinski definition) is 0. The molecule has 0 bridgehead atoms. The van der Waals surface area contributed by atoms with Gasteiger partial charge in [-0.3, -0.25) is 9.69 Å². The molecule has 1 saturated heterocycles. The number of hydrogen-bond acceptors (Lipinski definition) is 5. The van der Waals surface area contributed by atoms with E-state index in [0.717, 1.165) is 32.8 Å². The molecule has 1 heterocycles. The number of rotatable bonds is 6. The van der Waals surface area contributed by atoms with Crippen LogP contribution in [-0.2, 0) is 19.0 Å². The van der Waals surface area contributed by atoms with Crippen molar-refractivity contribution in [3.05, 3.63) is 0 Å². The summed E-state index contributed by atoms with van der Waals surface area (Å²) in [7, 11) is 0. The van der Waals surface area contributed by atoms with Crippen molar-refractivity contribution in [2.45, 2.75) is 6.92 Å². The second kappa shape index (κ2) is 7.62. The maximum atomic E-state index is 10.4. The second-order valence-corrected chi connectivity index (χ2v) is 3.41. The lowest BCUT2D eigenvalue weighted by Gasteiger charge is -2.26. The van der Waals surface area contributed by atoms with Crippen molar-refractivity contribution in [1.82, 2.24) is 4.90 Å². The summed E-state index contributed by atoms with van der Waals surface area (Å²) in [6, 6.07) is 0. The zero-order valence-corrected chi connectivity index (χ0v) is 9.24. The molecule has 0 radical (unpaired) electrons. The zero-order chi connectivity index (χ0) is 10.9. The molecule has 0 unspecified atom stereocenters. The van der Waals surface area contributed by atoms with Gasteiger partial charge in [0.15, 0.2) is 0 Å². The van der Waals surface area contributed by atoms with Crippen molar-refractivity contribution >= 4 is 5.97 Å². The Kier molecular flexibility index (Phi) is 6.31. The summed E-state index contributed by atoms with van der Waals surface area (Å²) < 4.78 is 15.3. The van der Waals surface area contributed by atoms with Gasteiger partial charge in [0.25, 0.3) is 0 Å². The van der Waals surface area contributed by atoms with Crippen molar-refractivity contribution in [1.29, 1.82) is 0 Å². The number of ether oxygens (including phenoxy) is 3. The topological polar surface area (TPSA) is 48.0 Å². The average Bonchev–Trinajstić information content (AvgIpc) is 2.24.